The van der Waals surface area contributed by atoms with Crippen molar-refractivity contribution in [2.75, 3.05) is 0 Å². The van der Waals surface area contributed by atoms with Gasteiger partial charge >= 0.3 is 0 Å². The van der Waals surface area contributed by atoms with E-state index in [0.29, 0.717) is 12.3 Å². The molecular formula is C12H26O2. The van der Waals surface area contributed by atoms with Crippen LogP contribution in [-0.2, 0) is 0 Å². The molecular weight excluding hydrogens is 176 g/mol. The summed E-state index contributed by atoms with van der Waals surface area (Å²) in [6, 6.07) is 0. The van der Waals surface area contributed by atoms with Gasteiger partial charge in [-0.15, -0.1) is 0 Å². The Morgan fingerprint density at radius 3 is 1.64 bits per heavy atom. The van der Waals surface area contributed by atoms with Crippen molar-refractivity contribution >= 4 is 0 Å². The fraction of sp³-hybridized carbons (Fsp3) is 1.00. The highest BCUT2D eigenvalue weighted by Crippen LogP contribution is 2.28. The summed E-state index contributed by atoms with van der Waals surface area (Å²) in [5, 5.41) is 17.7. The predicted molar refractivity (Wildman–Crippen MR) is 59.9 cm³/mol. The third-order valence-corrected chi connectivity index (χ3v) is 3.17. The lowest BCUT2D eigenvalue weighted by Crippen LogP contribution is -2.16. The Balaban J connectivity index is 3.94. The molecule has 0 radical (unpaired) electrons. The lowest BCUT2D eigenvalue weighted by molar-refractivity contribution is -0.0505. The maximum Gasteiger partial charge on any atom is 0.151 e. The van der Waals surface area contributed by atoms with Gasteiger partial charge in [0.1, 0.15) is 0 Å². The zero-order valence-electron chi connectivity index (χ0n) is 9.87. The number of aliphatic hydroxyl groups is 2. The second kappa shape index (κ2) is 8.25. The molecule has 2 unspecified atom stereocenters. The SMILES string of the molecule is CCCC(CC)C(CC)CCC(O)O. The van der Waals surface area contributed by atoms with Crippen LogP contribution in [-0.4, -0.2) is 16.5 Å². The molecule has 0 aromatic heterocycles. The Morgan fingerprint density at radius 1 is 0.786 bits per heavy atom. The predicted octanol–water partition coefficient (Wildman–Crippen LogP) is 2.93. The van der Waals surface area contributed by atoms with Crippen molar-refractivity contribution in [1.82, 2.24) is 0 Å². The Labute approximate surface area is 88.3 Å². The molecule has 0 aliphatic rings. The molecule has 0 aliphatic heterocycles. The third kappa shape index (κ3) is 5.61. The van der Waals surface area contributed by atoms with Crippen molar-refractivity contribution in [3.63, 3.8) is 0 Å². The summed E-state index contributed by atoms with van der Waals surface area (Å²) in [4.78, 5) is 0. The lowest BCUT2D eigenvalue weighted by Gasteiger charge is -2.25. The molecule has 2 heteroatoms. The van der Waals surface area contributed by atoms with Gasteiger partial charge in [-0.2, -0.15) is 0 Å². The smallest absolute Gasteiger partial charge is 0.151 e. The fourth-order valence-corrected chi connectivity index (χ4v) is 2.28. The van der Waals surface area contributed by atoms with E-state index >= 15 is 0 Å². The van der Waals surface area contributed by atoms with E-state index < -0.39 is 6.29 Å². The van der Waals surface area contributed by atoms with Gasteiger partial charge < -0.3 is 10.2 Å². The molecule has 2 nitrogen and oxygen atoms in total. The molecule has 2 N–H and O–H groups in total. The molecule has 2 atom stereocenters. The molecule has 0 amide bonds. The first-order valence-electron chi connectivity index (χ1n) is 6.01. The molecule has 0 fully saturated rings. The summed E-state index contributed by atoms with van der Waals surface area (Å²) in [5.41, 5.74) is 0. The molecule has 14 heavy (non-hydrogen) atoms. The molecule has 0 bridgehead atoms. The van der Waals surface area contributed by atoms with Gasteiger partial charge in [-0.25, -0.2) is 0 Å². The van der Waals surface area contributed by atoms with E-state index in [1.54, 1.807) is 0 Å². The Hall–Kier alpha value is -0.0800. The van der Waals surface area contributed by atoms with Crippen LogP contribution in [0.2, 0.25) is 0 Å². The van der Waals surface area contributed by atoms with Crippen LogP contribution in [0.4, 0.5) is 0 Å². The summed E-state index contributed by atoms with van der Waals surface area (Å²) in [6.45, 7) is 6.65. The largest absolute Gasteiger partial charge is 0.368 e. The zero-order chi connectivity index (χ0) is 11.0. The van der Waals surface area contributed by atoms with E-state index in [0.717, 1.165) is 18.8 Å². The molecule has 0 aliphatic carbocycles. The second-order valence-electron chi connectivity index (χ2n) is 4.18. The van der Waals surface area contributed by atoms with Crippen LogP contribution in [0, 0.1) is 11.8 Å². The van der Waals surface area contributed by atoms with Gasteiger partial charge in [-0.3, -0.25) is 0 Å². The highest BCUT2D eigenvalue weighted by atomic mass is 16.5. The van der Waals surface area contributed by atoms with Crippen molar-refractivity contribution in [2.24, 2.45) is 11.8 Å². The summed E-state index contributed by atoms with van der Waals surface area (Å²) in [6.07, 6.45) is 5.24. The summed E-state index contributed by atoms with van der Waals surface area (Å²) >= 11 is 0. The van der Waals surface area contributed by atoms with Crippen LogP contribution < -0.4 is 0 Å². The van der Waals surface area contributed by atoms with E-state index in [-0.39, 0.29) is 0 Å². The van der Waals surface area contributed by atoms with E-state index in [4.69, 9.17) is 10.2 Å². The first-order valence-corrected chi connectivity index (χ1v) is 6.01. The summed E-state index contributed by atoms with van der Waals surface area (Å²) in [7, 11) is 0. The average Bonchev–Trinajstić information content (AvgIpc) is 2.16. The van der Waals surface area contributed by atoms with Gasteiger partial charge in [0.2, 0.25) is 0 Å². The third-order valence-electron chi connectivity index (χ3n) is 3.17. The summed E-state index contributed by atoms with van der Waals surface area (Å²) in [5.74, 6) is 1.44. The van der Waals surface area contributed by atoms with Crippen LogP contribution >= 0.6 is 0 Å². The molecule has 0 spiro atoms. The summed E-state index contributed by atoms with van der Waals surface area (Å²) < 4.78 is 0. The first kappa shape index (κ1) is 13.9. The molecule has 0 saturated carbocycles. The van der Waals surface area contributed by atoms with Gasteiger partial charge in [-0.05, 0) is 24.7 Å². The minimum Gasteiger partial charge on any atom is -0.368 e. The van der Waals surface area contributed by atoms with Gasteiger partial charge in [0.15, 0.2) is 6.29 Å². The van der Waals surface area contributed by atoms with Gasteiger partial charge in [0.25, 0.3) is 0 Å². The fourth-order valence-electron chi connectivity index (χ4n) is 2.28. The number of hydrogen-bond acceptors (Lipinski definition) is 2. The number of hydrogen-bond donors (Lipinski definition) is 2. The highest BCUT2D eigenvalue weighted by Gasteiger charge is 2.17. The van der Waals surface area contributed by atoms with E-state index in [1.165, 1.54) is 19.3 Å². The van der Waals surface area contributed by atoms with E-state index in [2.05, 4.69) is 20.8 Å². The molecule has 0 aromatic rings. The minimum atomic E-state index is -1.12. The normalized spacial score (nSPS) is 15.9. The zero-order valence-corrected chi connectivity index (χ0v) is 9.87. The average molecular weight is 202 g/mol. The van der Waals surface area contributed by atoms with E-state index in [1.807, 2.05) is 0 Å². The van der Waals surface area contributed by atoms with Crippen molar-refractivity contribution < 1.29 is 10.2 Å². The van der Waals surface area contributed by atoms with Crippen LogP contribution in [0.25, 0.3) is 0 Å². The standard InChI is InChI=1S/C12H26O2/c1-4-7-10(5-2)11(6-3)8-9-12(13)14/h10-14H,4-9H2,1-3H3. The van der Waals surface area contributed by atoms with Crippen LogP contribution in [0.15, 0.2) is 0 Å². The van der Waals surface area contributed by atoms with E-state index in [9.17, 15) is 0 Å². The Kier molecular flexibility index (Phi) is 8.20. The van der Waals surface area contributed by atoms with Gasteiger partial charge in [0, 0.05) is 0 Å². The van der Waals surface area contributed by atoms with Crippen LogP contribution in [0.1, 0.15) is 59.3 Å². The quantitative estimate of drug-likeness (QED) is 0.594. The minimum absolute atomic E-state index is 0.527. The Bertz CT molecular complexity index is 123. The molecule has 86 valence electrons. The first-order chi connectivity index (χ1) is 6.65. The molecule has 0 heterocycles. The number of rotatable bonds is 8. The topological polar surface area (TPSA) is 40.5 Å². The molecule has 0 rings (SSSR count). The monoisotopic (exact) mass is 202 g/mol. The van der Waals surface area contributed by atoms with Gasteiger partial charge in [-0.1, -0.05) is 46.5 Å². The van der Waals surface area contributed by atoms with Crippen molar-refractivity contribution in [3.05, 3.63) is 0 Å². The van der Waals surface area contributed by atoms with Gasteiger partial charge in [0.05, 0.1) is 0 Å². The Morgan fingerprint density at radius 2 is 1.29 bits per heavy atom. The maximum absolute atomic E-state index is 8.84. The molecule has 0 saturated heterocycles. The maximum atomic E-state index is 8.84. The molecule has 0 aromatic carbocycles. The van der Waals surface area contributed by atoms with Crippen LogP contribution in [0.5, 0.6) is 0 Å². The van der Waals surface area contributed by atoms with Crippen molar-refractivity contribution in [1.29, 1.82) is 0 Å². The number of aliphatic hydroxyl groups excluding tert-OH is 1. The highest BCUT2D eigenvalue weighted by molar-refractivity contribution is 4.68. The second-order valence-corrected chi connectivity index (χ2v) is 4.18. The van der Waals surface area contributed by atoms with Crippen molar-refractivity contribution in [3.8, 4) is 0 Å². The van der Waals surface area contributed by atoms with Crippen LogP contribution in [0.3, 0.4) is 0 Å². The lowest BCUT2D eigenvalue weighted by atomic mass is 9.82. The van der Waals surface area contributed by atoms with Crippen molar-refractivity contribution in [2.45, 2.75) is 65.6 Å².